The SMILES string of the molecule is CC(C)C(C)Sc1c(SC(C)(C)C)cccc1-c1cc(Cl)cc(Cl)c1. The van der Waals surface area contributed by atoms with E-state index in [9.17, 15) is 0 Å². The van der Waals surface area contributed by atoms with E-state index in [-0.39, 0.29) is 4.75 Å². The Morgan fingerprint density at radius 1 is 0.920 bits per heavy atom. The van der Waals surface area contributed by atoms with Crippen LogP contribution in [0.1, 0.15) is 41.5 Å². The lowest BCUT2D eigenvalue weighted by Crippen LogP contribution is -2.09. The van der Waals surface area contributed by atoms with Gasteiger partial charge >= 0.3 is 0 Å². The molecule has 1 unspecified atom stereocenters. The molecule has 0 bridgehead atoms. The fourth-order valence-corrected chi connectivity index (χ4v) is 5.25. The van der Waals surface area contributed by atoms with Crippen molar-refractivity contribution in [1.29, 1.82) is 0 Å². The Balaban J connectivity index is 2.59. The minimum Gasteiger partial charge on any atom is -0.121 e. The normalized spacial score (nSPS) is 13.3. The first-order chi connectivity index (χ1) is 11.6. The van der Waals surface area contributed by atoms with E-state index in [1.807, 2.05) is 35.7 Å². The van der Waals surface area contributed by atoms with Crippen molar-refractivity contribution in [3.8, 4) is 11.1 Å². The van der Waals surface area contributed by atoms with Crippen LogP contribution in [0.3, 0.4) is 0 Å². The molecule has 0 radical (unpaired) electrons. The molecule has 0 aromatic heterocycles. The van der Waals surface area contributed by atoms with Gasteiger partial charge in [0.2, 0.25) is 0 Å². The molecule has 0 aliphatic carbocycles. The van der Waals surface area contributed by atoms with Crippen molar-refractivity contribution in [2.24, 2.45) is 5.92 Å². The van der Waals surface area contributed by atoms with Gasteiger partial charge < -0.3 is 0 Å². The topological polar surface area (TPSA) is 0 Å². The lowest BCUT2D eigenvalue weighted by Gasteiger charge is -2.24. The molecule has 0 amide bonds. The lowest BCUT2D eigenvalue weighted by molar-refractivity contribution is 0.642. The highest BCUT2D eigenvalue weighted by Gasteiger charge is 2.21. The molecule has 4 heteroatoms. The number of halogens is 2. The van der Waals surface area contributed by atoms with Crippen molar-refractivity contribution in [3.63, 3.8) is 0 Å². The molecule has 0 nitrogen and oxygen atoms in total. The number of hydrogen-bond donors (Lipinski definition) is 0. The van der Waals surface area contributed by atoms with Crippen LogP contribution in [0.2, 0.25) is 10.0 Å². The summed E-state index contributed by atoms with van der Waals surface area (Å²) in [5.74, 6) is 0.605. The van der Waals surface area contributed by atoms with Gasteiger partial charge in [0.1, 0.15) is 0 Å². The van der Waals surface area contributed by atoms with Crippen molar-refractivity contribution in [3.05, 3.63) is 46.4 Å². The predicted octanol–water partition coefficient (Wildman–Crippen LogP) is 8.69. The van der Waals surface area contributed by atoms with Crippen LogP contribution in [0, 0.1) is 5.92 Å². The maximum Gasteiger partial charge on any atom is 0.0426 e. The van der Waals surface area contributed by atoms with Gasteiger partial charge in [-0.3, -0.25) is 0 Å². The molecule has 2 aromatic rings. The van der Waals surface area contributed by atoms with Gasteiger partial charge in [-0.2, -0.15) is 0 Å². The summed E-state index contributed by atoms with van der Waals surface area (Å²) >= 11 is 16.4. The zero-order chi connectivity index (χ0) is 18.8. The Morgan fingerprint density at radius 2 is 1.52 bits per heavy atom. The van der Waals surface area contributed by atoms with Gasteiger partial charge in [-0.1, -0.05) is 76.9 Å². The van der Waals surface area contributed by atoms with E-state index in [4.69, 9.17) is 23.2 Å². The minimum absolute atomic E-state index is 0.154. The van der Waals surface area contributed by atoms with Crippen LogP contribution in [0.5, 0.6) is 0 Å². The summed E-state index contributed by atoms with van der Waals surface area (Å²) in [6.45, 7) is 13.6. The van der Waals surface area contributed by atoms with E-state index < -0.39 is 0 Å². The molecule has 0 fully saturated rings. The molecule has 0 aliphatic heterocycles. The molecular formula is C21H26Cl2S2. The van der Waals surface area contributed by atoms with E-state index in [0.717, 1.165) is 5.56 Å². The molecular weight excluding hydrogens is 387 g/mol. The molecule has 136 valence electrons. The van der Waals surface area contributed by atoms with Crippen LogP contribution in [0.4, 0.5) is 0 Å². The number of thioether (sulfide) groups is 2. The van der Waals surface area contributed by atoms with Gasteiger partial charge in [0.05, 0.1) is 0 Å². The zero-order valence-electron chi connectivity index (χ0n) is 15.7. The molecule has 25 heavy (non-hydrogen) atoms. The van der Waals surface area contributed by atoms with Crippen LogP contribution in [-0.4, -0.2) is 10.00 Å². The first-order valence-electron chi connectivity index (χ1n) is 8.52. The van der Waals surface area contributed by atoms with Crippen LogP contribution in [-0.2, 0) is 0 Å². The Kier molecular flexibility index (Phi) is 7.24. The average Bonchev–Trinajstić information content (AvgIpc) is 2.46. The molecule has 2 rings (SSSR count). The summed E-state index contributed by atoms with van der Waals surface area (Å²) in [6, 6.07) is 12.3. The number of hydrogen-bond acceptors (Lipinski definition) is 2. The Bertz CT molecular complexity index is 713. The number of benzene rings is 2. The van der Waals surface area contributed by atoms with Gasteiger partial charge in [0.15, 0.2) is 0 Å². The Labute approximate surface area is 171 Å². The van der Waals surface area contributed by atoms with Crippen LogP contribution < -0.4 is 0 Å². The van der Waals surface area contributed by atoms with Crippen molar-refractivity contribution in [1.82, 2.24) is 0 Å². The fourth-order valence-electron chi connectivity index (χ4n) is 2.31. The second kappa shape index (κ2) is 8.61. The first-order valence-corrected chi connectivity index (χ1v) is 11.0. The first kappa shape index (κ1) is 21.0. The third kappa shape index (κ3) is 6.13. The Hall–Kier alpha value is -0.280. The predicted molar refractivity (Wildman–Crippen MR) is 118 cm³/mol. The fraction of sp³-hybridized carbons (Fsp3) is 0.429. The van der Waals surface area contributed by atoms with Crippen LogP contribution in [0.15, 0.2) is 46.2 Å². The maximum absolute atomic E-state index is 6.26. The van der Waals surface area contributed by atoms with Gasteiger partial charge in [0, 0.05) is 29.8 Å². The Morgan fingerprint density at radius 3 is 2.04 bits per heavy atom. The maximum atomic E-state index is 6.26. The van der Waals surface area contributed by atoms with E-state index in [1.165, 1.54) is 15.4 Å². The average molecular weight is 413 g/mol. The summed E-state index contributed by atoms with van der Waals surface area (Å²) in [7, 11) is 0. The monoisotopic (exact) mass is 412 g/mol. The molecule has 1 atom stereocenters. The van der Waals surface area contributed by atoms with Gasteiger partial charge in [0.25, 0.3) is 0 Å². The molecule has 0 spiro atoms. The van der Waals surface area contributed by atoms with Crippen molar-refractivity contribution in [2.45, 2.75) is 61.3 Å². The third-order valence-corrected chi connectivity index (χ3v) is 7.14. The van der Waals surface area contributed by atoms with Crippen LogP contribution >= 0.6 is 46.7 Å². The molecule has 2 aromatic carbocycles. The molecule has 0 heterocycles. The standard InChI is InChI=1S/C21H26Cl2S2/c1-13(2)14(3)24-20-18(15-10-16(22)12-17(23)11-15)8-7-9-19(20)25-21(4,5)6/h7-14H,1-6H3. The molecule has 0 aliphatic rings. The van der Waals surface area contributed by atoms with Crippen molar-refractivity contribution >= 4 is 46.7 Å². The van der Waals surface area contributed by atoms with Crippen LogP contribution in [0.25, 0.3) is 11.1 Å². The van der Waals surface area contributed by atoms with Gasteiger partial charge in [-0.05, 0) is 41.3 Å². The largest absolute Gasteiger partial charge is 0.121 e. The lowest BCUT2D eigenvalue weighted by atomic mass is 10.1. The van der Waals surface area contributed by atoms with E-state index >= 15 is 0 Å². The second-order valence-corrected chi connectivity index (χ2v) is 11.7. The smallest absolute Gasteiger partial charge is 0.0426 e. The highest BCUT2D eigenvalue weighted by molar-refractivity contribution is 8.03. The summed E-state index contributed by atoms with van der Waals surface area (Å²) in [6.07, 6.45) is 0. The highest BCUT2D eigenvalue weighted by atomic mass is 35.5. The van der Waals surface area contributed by atoms with E-state index in [2.05, 4.69) is 59.7 Å². The number of rotatable bonds is 5. The quantitative estimate of drug-likeness (QED) is 0.450. The second-order valence-electron chi connectivity index (χ2n) is 7.57. The summed E-state index contributed by atoms with van der Waals surface area (Å²) in [5, 5.41) is 1.86. The van der Waals surface area contributed by atoms with Gasteiger partial charge in [-0.15, -0.1) is 23.5 Å². The van der Waals surface area contributed by atoms with E-state index in [1.54, 1.807) is 6.07 Å². The third-order valence-electron chi connectivity index (χ3n) is 3.81. The highest BCUT2D eigenvalue weighted by Crippen LogP contribution is 2.45. The zero-order valence-corrected chi connectivity index (χ0v) is 18.8. The summed E-state index contributed by atoms with van der Waals surface area (Å²) < 4.78 is 0.154. The summed E-state index contributed by atoms with van der Waals surface area (Å²) in [5.41, 5.74) is 2.28. The van der Waals surface area contributed by atoms with Gasteiger partial charge in [-0.25, -0.2) is 0 Å². The summed E-state index contributed by atoms with van der Waals surface area (Å²) in [4.78, 5) is 2.64. The minimum atomic E-state index is 0.154. The molecule has 0 N–H and O–H groups in total. The van der Waals surface area contributed by atoms with Crippen molar-refractivity contribution < 1.29 is 0 Å². The molecule has 0 saturated heterocycles. The van der Waals surface area contributed by atoms with E-state index in [0.29, 0.717) is 21.2 Å². The molecule has 0 saturated carbocycles. The van der Waals surface area contributed by atoms with Crippen molar-refractivity contribution in [2.75, 3.05) is 0 Å².